The zero-order chi connectivity index (χ0) is 23.6. The zero-order valence-electron chi connectivity index (χ0n) is 19.3. The number of rotatable bonds is 12. The van der Waals surface area contributed by atoms with E-state index in [-0.39, 0.29) is 5.75 Å². The molecule has 0 atom stereocenters. The Labute approximate surface area is 205 Å². The van der Waals surface area contributed by atoms with Gasteiger partial charge in [-0.05, 0) is 24.2 Å². The van der Waals surface area contributed by atoms with Crippen molar-refractivity contribution in [3.05, 3.63) is 91.0 Å². The van der Waals surface area contributed by atoms with Crippen molar-refractivity contribution >= 4 is 17.7 Å². The van der Waals surface area contributed by atoms with Crippen LogP contribution in [0.4, 0.5) is 0 Å². The number of hydrogen-bond acceptors (Lipinski definition) is 3. The number of benzene rings is 3. The van der Waals surface area contributed by atoms with E-state index in [1.165, 1.54) is 28.5 Å². The molecule has 0 spiro atoms. The molecular formula is C29H30N2O2S. The quantitative estimate of drug-likeness (QED) is 0.221. The highest BCUT2D eigenvalue weighted by Gasteiger charge is 2.21. The fourth-order valence-electron chi connectivity index (χ4n) is 4.17. The average Bonchev–Trinajstić information content (AvgIpc) is 3.26. The van der Waals surface area contributed by atoms with Gasteiger partial charge in [0.2, 0.25) is 0 Å². The number of hydrogen-bond donors (Lipinski definition) is 1. The van der Waals surface area contributed by atoms with E-state index < -0.39 is 5.97 Å². The number of aromatic nitrogens is 2. The van der Waals surface area contributed by atoms with Crippen LogP contribution in [-0.4, -0.2) is 32.4 Å². The molecule has 0 radical (unpaired) electrons. The van der Waals surface area contributed by atoms with Crippen molar-refractivity contribution in [2.24, 2.45) is 0 Å². The Morgan fingerprint density at radius 1 is 0.735 bits per heavy atom. The number of nitrogens with zero attached hydrogens (tertiary/aromatic N) is 2. The van der Waals surface area contributed by atoms with Gasteiger partial charge in [-0.25, -0.2) is 0 Å². The summed E-state index contributed by atoms with van der Waals surface area (Å²) in [5.74, 6) is 0.360. The van der Waals surface area contributed by atoms with Gasteiger partial charge in [-0.3, -0.25) is 9.48 Å². The Kier molecular flexibility index (Phi) is 8.58. The van der Waals surface area contributed by atoms with Crippen LogP contribution in [0.1, 0.15) is 25.7 Å². The van der Waals surface area contributed by atoms with E-state index in [2.05, 4.69) is 77.5 Å². The number of thioether (sulfide) groups is 1. The van der Waals surface area contributed by atoms with Gasteiger partial charge in [-0.1, -0.05) is 104 Å². The lowest BCUT2D eigenvalue weighted by Crippen LogP contribution is -2.03. The summed E-state index contributed by atoms with van der Waals surface area (Å²) in [5.41, 5.74) is 6.79. The van der Waals surface area contributed by atoms with Gasteiger partial charge in [0.25, 0.3) is 0 Å². The third kappa shape index (κ3) is 6.17. The predicted molar refractivity (Wildman–Crippen MR) is 142 cm³/mol. The molecule has 4 aromatic rings. The molecule has 3 aromatic carbocycles. The molecule has 1 aromatic heterocycles. The molecular weight excluding hydrogens is 440 g/mol. The number of unbranched alkanes of at least 4 members (excludes halogenated alkanes) is 3. The summed E-state index contributed by atoms with van der Waals surface area (Å²) < 4.78 is 2.18. The third-order valence-electron chi connectivity index (χ3n) is 5.74. The van der Waals surface area contributed by atoms with E-state index >= 15 is 0 Å². The highest BCUT2D eigenvalue weighted by atomic mass is 32.2. The molecule has 0 bridgehead atoms. The van der Waals surface area contributed by atoms with Gasteiger partial charge < -0.3 is 5.11 Å². The molecule has 5 heteroatoms. The summed E-state index contributed by atoms with van der Waals surface area (Å²) in [4.78, 5) is 10.6. The second-order valence-electron chi connectivity index (χ2n) is 8.25. The maximum absolute atomic E-state index is 10.6. The summed E-state index contributed by atoms with van der Waals surface area (Å²) in [5, 5.41) is 13.9. The van der Waals surface area contributed by atoms with Crippen molar-refractivity contribution in [1.82, 2.24) is 9.78 Å². The standard InChI is InChI=1S/C29H30N2O2S/c32-26(33)22-34-21-13-2-1-12-20-31-29(25-18-10-5-11-19-25)27(23-14-6-3-7-15-23)28(30-31)24-16-8-4-9-17-24/h3-11,14-19H,1-2,12-13,20-22H2,(H,32,33). The van der Waals surface area contributed by atoms with Crippen LogP contribution in [0.15, 0.2) is 91.0 Å². The molecule has 0 unspecified atom stereocenters. The Morgan fingerprint density at radius 3 is 1.91 bits per heavy atom. The van der Waals surface area contributed by atoms with Crippen LogP contribution < -0.4 is 0 Å². The van der Waals surface area contributed by atoms with Gasteiger partial charge in [0.1, 0.15) is 5.69 Å². The minimum Gasteiger partial charge on any atom is -0.481 e. The zero-order valence-corrected chi connectivity index (χ0v) is 20.1. The maximum Gasteiger partial charge on any atom is 0.313 e. The van der Waals surface area contributed by atoms with Crippen LogP contribution in [0, 0.1) is 0 Å². The smallest absolute Gasteiger partial charge is 0.313 e. The molecule has 0 saturated carbocycles. The number of carboxylic acids is 1. The van der Waals surface area contributed by atoms with E-state index in [0.717, 1.165) is 54.9 Å². The third-order valence-corrected chi connectivity index (χ3v) is 6.77. The topological polar surface area (TPSA) is 55.1 Å². The molecule has 4 nitrogen and oxygen atoms in total. The van der Waals surface area contributed by atoms with E-state index in [4.69, 9.17) is 10.2 Å². The van der Waals surface area contributed by atoms with Crippen molar-refractivity contribution in [2.75, 3.05) is 11.5 Å². The summed E-state index contributed by atoms with van der Waals surface area (Å²) in [6.45, 7) is 0.846. The summed E-state index contributed by atoms with van der Waals surface area (Å²) in [6.07, 6.45) is 4.29. The minimum atomic E-state index is -0.736. The Morgan fingerprint density at radius 2 is 1.29 bits per heavy atom. The molecule has 0 aliphatic rings. The van der Waals surface area contributed by atoms with Gasteiger partial charge >= 0.3 is 5.97 Å². The molecule has 1 heterocycles. The van der Waals surface area contributed by atoms with Gasteiger partial charge in [0, 0.05) is 23.2 Å². The highest BCUT2D eigenvalue weighted by molar-refractivity contribution is 7.99. The Balaban J connectivity index is 1.61. The van der Waals surface area contributed by atoms with Crippen LogP contribution in [-0.2, 0) is 11.3 Å². The number of carbonyl (C=O) groups is 1. The molecule has 0 fully saturated rings. The van der Waals surface area contributed by atoms with Gasteiger partial charge in [-0.2, -0.15) is 16.9 Å². The molecule has 0 aliphatic carbocycles. The first kappa shape index (κ1) is 23.8. The van der Waals surface area contributed by atoms with Crippen molar-refractivity contribution in [3.63, 3.8) is 0 Å². The van der Waals surface area contributed by atoms with Crippen molar-refractivity contribution < 1.29 is 9.90 Å². The van der Waals surface area contributed by atoms with Crippen molar-refractivity contribution in [2.45, 2.75) is 32.2 Å². The number of carboxylic acid groups (broad SMARTS) is 1. The Hall–Kier alpha value is -3.31. The van der Waals surface area contributed by atoms with Crippen LogP contribution in [0.25, 0.3) is 33.6 Å². The lowest BCUT2D eigenvalue weighted by molar-refractivity contribution is -0.133. The number of aliphatic carboxylic acids is 1. The maximum atomic E-state index is 10.6. The van der Waals surface area contributed by atoms with Crippen LogP contribution >= 0.6 is 11.8 Å². The lowest BCUT2D eigenvalue weighted by Gasteiger charge is -2.11. The molecule has 34 heavy (non-hydrogen) atoms. The molecule has 0 aliphatic heterocycles. The predicted octanol–water partition coefficient (Wildman–Crippen LogP) is 7.26. The molecule has 1 N–H and O–H groups in total. The lowest BCUT2D eigenvalue weighted by atomic mass is 9.96. The van der Waals surface area contributed by atoms with Crippen LogP contribution in [0.2, 0.25) is 0 Å². The van der Waals surface area contributed by atoms with E-state index in [0.29, 0.717) is 0 Å². The Bertz CT molecular complexity index is 1180. The second-order valence-corrected chi connectivity index (χ2v) is 9.36. The first-order chi connectivity index (χ1) is 16.7. The first-order valence-electron chi connectivity index (χ1n) is 11.8. The summed E-state index contributed by atoms with van der Waals surface area (Å²) in [6, 6.07) is 31.5. The average molecular weight is 471 g/mol. The first-order valence-corrected chi connectivity index (χ1v) is 13.0. The molecule has 174 valence electrons. The van der Waals surface area contributed by atoms with Crippen molar-refractivity contribution in [3.8, 4) is 33.6 Å². The fraction of sp³-hybridized carbons (Fsp3) is 0.241. The molecule has 0 amide bonds. The van der Waals surface area contributed by atoms with Crippen LogP contribution in [0.3, 0.4) is 0 Å². The van der Waals surface area contributed by atoms with E-state index in [1.54, 1.807) is 0 Å². The minimum absolute atomic E-state index is 0.193. The highest BCUT2D eigenvalue weighted by Crippen LogP contribution is 2.40. The van der Waals surface area contributed by atoms with Gasteiger partial charge in [-0.15, -0.1) is 0 Å². The normalized spacial score (nSPS) is 10.9. The van der Waals surface area contributed by atoms with Crippen LogP contribution in [0.5, 0.6) is 0 Å². The fourth-order valence-corrected chi connectivity index (χ4v) is 4.90. The molecule has 4 rings (SSSR count). The van der Waals surface area contributed by atoms with Crippen molar-refractivity contribution in [1.29, 1.82) is 0 Å². The monoisotopic (exact) mass is 470 g/mol. The summed E-state index contributed by atoms with van der Waals surface area (Å²) in [7, 11) is 0. The van der Waals surface area contributed by atoms with E-state index in [1.807, 2.05) is 18.2 Å². The second kappa shape index (κ2) is 12.2. The summed E-state index contributed by atoms with van der Waals surface area (Å²) >= 11 is 1.50. The van der Waals surface area contributed by atoms with E-state index in [9.17, 15) is 4.79 Å². The van der Waals surface area contributed by atoms with Gasteiger partial charge in [0.15, 0.2) is 0 Å². The number of aryl methyl sites for hydroxylation is 1. The molecule has 0 saturated heterocycles. The SMILES string of the molecule is O=C(O)CSCCCCCCn1nc(-c2ccccc2)c(-c2ccccc2)c1-c1ccccc1. The van der Waals surface area contributed by atoms with Gasteiger partial charge in [0.05, 0.1) is 11.4 Å². The largest absolute Gasteiger partial charge is 0.481 e.